The summed E-state index contributed by atoms with van der Waals surface area (Å²) in [6.07, 6.45) is 3.52. The van der Waals surface area contributed by atoms with E-state index in [-0.39, 0.29) is 25.9 Å². The number of aromatic nitrogens is 2. The van der Waals surface area contributed by atoms with Gasteiger partial charge in [0.2, 0.25) is 0 Å². The normalized spacial score (nSPS) is 12.6. The summed E-state index contributed by atoms with van der Waals surface area (Å²) in [6, 6.07) is 39.2. The van der Waals surface area contributed by atoms with Gasteiger partial charge in [-0.2, -0.15) is 0 Å². The van der Waals surface area contributed by atoms with Crippen LogP contribution in [0, 0.1) is 17.9 Å². The number of hydrogen-bond acceptors (Lipinski definition) is 3. The SMILES string of the molecule is C[Si]1(C)Oc2c(-c3ccccn3)[c-]ccc2-c2ccc3ccccc3c21.Fc1c[c-]c(-c2ccccn2)cc1.[Ir]. The Hall–Kier alpha value is -3.96. The van der Waals surface area contributed by atoms with Gasteiger partial charge in [-0.1, -0.05) is 71.8 Å². The van der Waals surface area contributed by atoms with Crippen LogP contribution in [0.5, 0.6) is 5.75 Å². The molecule has 199 valence electrons. The zero-order valence-corrected chi connectivity index (χ0v) is 25.4. The molecule has 40 heavy (non-hydrogen) atoms. The summed E-state index contributed by atoms with van der Waals surface area (Å²) in [5, 5.41) is 3.95. The van der Waals surface area contributed by atoms with Crippen molar-refractivity contribution in [2.24, 2.45) is 0 Å². The van der Waals surface area contributed by atoms with Gasteiger partial charge in [-0.05, 0) is 58.1 Å². The first kappa shape index (κ1) is 27.6. The first-order valence-electron chi connectivity index (χ1n) is 12.8. The van der Waals surface area contributed by atoms with E-state index in [9.17, 15) is 4.39 Å². The third kappa shape index (κ3) is 5.39. The molecule has 0 saturated carbocycles. The van der Waals surface area contributed by atoms with E-state index < -0.39 is 8.32 Å². The second-order valence-corrected chi connectivity index (χ2v) is 13.5. The number of pyridine rings is 2. The molecule has 0 unspecified atom stereocenters. The van der Waals surface area contributed by atoms with Crippen LogP contribution in [-0.2, 0) is 20.1 Å². The molecule has 0 N–H and O–H groups in total. The average Bonchev–Trinajstić information content (AvgIpc) is 2.98. The Morgan fingerprint density at radius 3 is 2.15 bits per heavy atom. The molecular formula is C34H25FIrN2OSi-2. The maximum atomic E-state index is 12.6. The number of fused-ring (bicyclic) bond motifs is 5. The maximum absolute atomic E-state index is 12.6. The van der Waals surface area contributed by atoms with E-state index in [0.717, 1.165) is 33.8 Å². The molecule has 1 radical (unpaired) electrons. The molecule has 0 spiro atoms. The van der Waals surface area contributed by atoms with Crippen LogP contribution in [0.15, 0.2) is 116 Å². The number of nitrogens with zero attached hydrogens (tertiary/aromatic N) is 2. The number of benzene rings is 4. The van der Waals surface area contributed by atoms with Crippen molar-refractivity contribution in [2.75, 3.05) is 0 Å². The molecule has 4 aromatic carbocycles. The van der Waals surface area contributed by atoms with Crippen LogP contribution in [0.3, 0.4) is 0 Å². The van der Waals surface area contributed by atoms with Gasteiger partial charge in [0.25, 0.3) is 8.32 Å². The van der Waals surface area contributed by atoms with Crippen molar-refractivity contribution in [3.8, 4) is 39.4 Å². The summed E-state index contributed by atoms with van der Waals surface area (Å²) in [5.74, 6) is 0.644. The van der Waals surface area contributed by atoms with E-state index >= 15 is 0 Å². The van der Waals surface area contributed by atoms with Crippen LogP contribution in [-0.4, -0.2) is 18.3 Å². The summed E-state index contributed by atoms with van der Waals surface area (Å²) in [5.41, 5.74) is 5.88. The summed E-state index contributed by atoms with van der Waals surface area (Å²) >= 11 is 0. The molecule has 0 bridgehead atoms. The molecule has 6 heteroatoms. The zero-order valence-electron chi connectivity index (χ0n) is 22.0. The van der Waals surface area contributed by atoms with Crippen molar-refractivity contribution in [3.63, 3.8) is 0 Å². The van der Waals surface area contributed by atoms with Crippen LogP contribution < -0.4 is 9.61 Å². The quantitative estimate of drug-likeness (QED) is 0.135. The molecular weight excluding hydrogens is 692 g/mol. The van der Waals surface area contributed by atoms with Crippen molar-refractivity contribution in [1.82, 2.24) is 9.97 Å². The molecule has 3 heterocycles. The molecule has 2 aromatic heterocycles. The first-order chi connectivity index (χ1) is 19.0. The fourth-order valence-electron chi connectivity index (χ4n) is 5.04. The van der Waals surface area contributed by atoms with E-state index in [4.69, 9.17) is 4.43 Å². The molecule has 6 aromatic rings. The largest absolute Gasteiger partial charge is 0.583 e. The summed E-state index contributed by atoms with van der Waals surface area (Å²) in [7, 11) is -2.14. The van der Waals surface area contributed by atoms with E-state index in [0.29, 0.717) is 0 Å². The molecule has 0 amide bonds. The number of halogens is 1. The molecule has 3 nitrogen and oxygen atoms in total. The Morgan fingerprint density at radius 2 is 1.45 bits per heavy atom. The second-order valence-electron chi connectivity index (χ2n) is 9.77. The fraction of sp³-hybridized carbons (Fsp3) is 0.0588. The van der Waals surface area contributed by atoms with Crippen molar-refractivity contribution in [2.45, 2.75) is 13.1 Å². The van der Waals surface area contributed by atoms with Gasteiger partial charge in [0.15, 0.2) is 0 Å². The van der Waals surface area contributed by atoms with Crippen LogP contribution in [0.1, 0.15) is 0 Å². The van der Waals surface area contributed by atoms with E-state index in [1.54, 1.807) is 12.3 Å². The summed E-state index contributed by atoms with van der Waals surface area (Å²) in [4.78, 5) is 8.64. The molecule has 0 aliphatic carbocycles. The maximum Gasteiger partial charge on any atom is 0.265 e. The number of hydrogen-bond donors (Lipinski definition) is 0. The fourth-order valence-corrected chi connectivity index (χ4v) is 7.61. The van der Waals surface area contributed by atoms with Crippen molar-refractivity contribution < 1.29 is 28.9 Å². The van der Waals surface area contributed by atoms with Gasteiger partial charge < -0.3 is 14.4 Å². The van der Waals surface area contributed by atoms with Crippen molar-refractivity contribution >= 4 is 24.3 Å². The van der Waals surface area contributed by atoms with Gasteiger partial charge in [-0.3, -0.25) is 4.39 Å². The molecule has 0 saturated heterocycles. The van der Waals surface area contributed by atoms with Gasteiger partial charge >= 0.3 is 0 Å². The monoisotopic (exact) mass is 717 g/mol. The van der Waals surface area contributed by atoms with E-state index in [1.165, 1.54) is 33.7 Å². The van der Waals surface area contributed by atoms with E-state index in [1.807, 2.05) is 48.7 Å². The van der Waals surface area contributed by atoms with Crippen molar-refractivity contribution in [1.29, 1.82) is 0 Å². The Bertz CT molecular complexity index is 1760. The molecule has 1 aliphatic heterocycles. The summed E-state index contributed by atoms with van der Waals surface area (Å²) in [6.45, 7) is 4.55. The van der Waals surface area contributed by atoms with E-state index in [2.05, 4.69) is 77.7 Å². The zero-order chi connectivity index (χ0) is 26.8. The Morgan fingerprint density at radius 1 is 0.725 bits per heavy atom. The Balaban J connectivity index is 0.000000195. The smallest absolute Gasteiger partial charge is 0.265 e. The van der Waals surface area contributed by atoms with Gasteiger partial charge in [-0.15, -0.1) is 48.0 Å². The molecule has 0 atom stereocenters. The third-order valence-electron chi connectivity index (χ3n) is 6.76. The molecule has 0 fully saturated rings. The molecule has 7 rings (SSSR count). The third-order valence-corrected chi connectivity index (χ3v) is 9.22. The van der Waals surface area contributed by atoms with Crippen LogP contribution in [0.4, 0.5) is 4.39 Å². The standard InChI is InChI=1S/C23H18NOSi.C11H7FN.Ir/c1-26(2)23-17-9-4-3-8-16(17)13-14-19(23)18-10-7-11-20(22(18)25-26)21-12-5-6-15-24-21;12-10-6-4-9(5-7-10)11-3-1-2-8-13-11;/h3-10,12-15H,1-2H3;1-4,6-8H;/q2*-1;. The van der Waals surface area contributed by atoms with Gasteiger partial charge in [0.1, 0.15) is 0 Å². The Kier molecular flexibility index (Phi) is 8.03. The Labute approximate surface area is 248 Å². The van der Waals surface area contributed by atoms with Crippen LogP contribution in [0.25, 0.3) is 44.4 Å². The molecule has 1 aliphatic rings. The van der Waals surface area contributed by atoms with Crippen LogP contribution >= 0.6 is 0 Å². The summed E-state index contributed by atoms with van der Waals surface area (Å²) < 4.78 is 19.3. The first-order valence-corrected chi connectivity index (χ1v) is 15.7. The minimum Gasteiger partial charge on any atom is -0.583 e. The minimum absolute atomic E-state index is 0. The minimum atomic E-state index is -2.14. The average molecular weight is 717 g/mol. The van der Waals surface area contributed by atoms with Gasteiger partial charge in [0.05, 0.1) is 0 Å². The number of rotatable bonds is 2. The van der Waals surface area contributed by atoms with Crippen molar-refractivity contribution in [3.05, 3.63) is 133 Å². The van der Waals surface area contributed by atoms with Crippen LogP contribution in [0.2, 0.25) is 13.1 Å². The topological polar surface area (TPSA) is 35.0 Å². The predicted octanol–water partition coefficient (Wildman–Crippen LogP) is 7.86. The van der Waals surface area contributed by atoms with Gasteiger partial charge in [-0.25, -0.2) is 0 Å². The second kappa shape index (κ2) is 11.6. The van der Waals surface area contributed by atoms with Gasteiger partial charge in [0, 0.05) is 44.1 Å². The predicted molar refractivity (Wildman–Crippen MR) is 158 cm³/mol.